The van der Waals surface area contributed by atoms with Gasteiger partial charge < -0.3 is 10.6 Å². The summed E-state index contributed by atoms with van der Waals surface area (Å²) >= 11 is 0. The summed E-state index contributed by atoms with van der Waals surface area (Å²) in [5, 5.41) is 0. The zero-order valence-corrected chi connectivity index (χ0v) is 15.8. The van der Waals surface area contributed by atoms with Gasteiger partial charge in [0.2, 0.25) is 11.8 Å². The third-order valence-corrected chi connectivity index (χ3v) is 6.09. The molecule has 2 fully saturated rings. The Kier molecular flexibility index (Phi) is 6.30. The minimum Gasteiger partial charge on any atom is -0.369 e. The van der Waals surface area contributed by atoms with Crippen molar-refractivity contribution >= 4 is 11.8 Å². The van der Waals surface area contributed by atoms with E-state index in [0.29, 0.717) is 25.0 Å². The van der Waals surface area contributed by atoms with E-state index in [0.717, 1.165) is 45.2 Å². The van der Waals surface area contributed by atoms with Crippen LogP contribution < -0.4 is 5.73 Å². The Bertz CT molecular complexity index is 611. The Morgan fingerprint density at radius 2 is 1.77 bits per heavy atom. The van der Waals surface area contributed by atoms with Gasteiger partial charge in [-0.3, -0.25) is 14.5 Å². The molecule has 0 bridgehead atoms. The molecule has 2 aliphatic heterocycles. The molecule has 2 heterocycles. The van der Waals surface area contributed by atoms with Gasteiger partial charge in [-0.25, -0.2) is 0 Å². The number of amides is 2. The van der Waals surface area contributed by atoms with Crippen molar-refractivity contribution in [3.8, 4) is 0 Å². The average molecular weight is 357 g/mol. The molecule has 26 heavy (non-hydrogen) atoms. The second-order valence-corrected chi connectivity index (χ2v) is 7.97. The van der Waals surface area contributed by atoms with Crippen LogP contribution in [-0.2, 0) is 16.0 Å². The van der Waals surface area contributed by atoms with Crippen LogP contribution >= 0.6 is 0 Å². The maximum absolute atomic E-state index is 12.7. The Balaban J connectivity index is 1.46. The molecule has 2 atom stereocenters. The highest BCUT2D eigenvalue weighted by atomic mass is 16.2. The molecule has 5 heteroatoms. The van der Waals surface area contributed by atoms with E-state index in [1.165, 1.54) is 5.56 Å². The molecule has 2 N–H and O–H groups in total. The number of likely N-dealkylation sites (tertiary alicyclic amines) is 2. The summed E-state index contributed by atoms with van der Waals surface area (Å²) in [4.78, 5) is 28.3. The fraction of sp³-hybridized carbons (Fsp3) is 0.619. The van der Waals surface area contributed by atoms with Crippen molar-refractivity contribution < 1.29 is 9.59 Å². The van der Waals surface area contributed by atoms with Gasteiger partial charge >= 0.3 is 0 Å². The van der Waals surface area contributed by atoms with Crippen molar-refractivity contribution in [2.75, 3.05) is 26.2 Å². The first kappa shape index (κ1) is 18.9. The third kappa shape index (κ3) is 4.85. The molecular formula is C21H31N3O2. The van der Waals surface area contributed by atoms with Gasteiger partial charge in [-0.05, 0) is 50.5 Å². The predicted octanol–water partition coefficient (Wildman–Crippen LogP) is 2.05. The quantitative estimate of drug-likeness (QED) is 0.877. The fourth-order valence-corrected chi connectivity index (χ4v) is 4.24. The van der Waals surface area contributed by atoms with Gasteiger partial charge in [-0.1, -0.05) is 30.3 Å². The van der Waals surface area contributed by atoms with Crippen molar-refractivity contribution in [1.82, 2.24) is 9.80 Å². The summed E-state index contributed by atoms with van der Waals surface area (Å²) in [6.07, 6.45) is 5.01. The van der Waals surface area contributed by atoms with Crippen molar-refractivity contribution in [2.45, 2.75) is 45.1 Å². The Morgan fingerprint density at radius 3 is 2.42 bits per heavy atom. The Morgan fingerprint density at radius 1 is 1.08 bits per heavy atom. The number of carbonyl (C=O) groups excluding carboxylic acids is 2. The third-order valence-electron chi connectivity index (χ3n) is 6.09. The second-order valence-electron chi connectivity index (χ2n) is 7.97. The molecule has 0 radical (unpaired) electrons. The standard InChI is InChI=1S/C21H31N3O2/c1-16-7-8-19(21(22)26)14-24(16)15-20(25)23-11-9-18(10-12-23)13-17-5-3-2-4-6-17/h2-6,16,18-19H,7-15H2,1H3,(H2,22,26). The van der Waals surface area contributed by atoms with Crippen LogP contribution in [0.25, 0.3) is 0 Å². The number of nitrogens with two attached hydrogens (primary N) is 1. The van der Waals surface area contributed by atoms with Crippen LogP contribution in [-0.4, -0.2) is 53.8 Å². The summed E-state index contributed by atoms with van der Waals surface area (Å²) in [6, 6.07) is 10.9. The lowest BCUT2D eigenvalue weighted by Gasteiger charge is -2.38. The molecule has 2 unspecified atom stereocenters. The molecular weight excluding hydrogens is 326 g/mol. The number of nitrogens with zero attached hydrogens (tertiary/aromatic N) is 2. The molecule has 2 aliphatic rings. The summed E-state index contributed by atoms with van der Waals surface area (Å²) in [5.74, 6) is 0.501. The van der Waals surface area contributed by atoms with Crippen LogP contribution in [0.3, 0.4) is 0 Å². The highest BCUT2D eigenvalue weighted by molar-refractivity contribution is 5.79. The topological polar surface area (TPSA) is 66.6 Å². The largest absolute Gasteiger partial charge is 0.369 e. The minimum atomic E-state index is -0.240. The van der Waals surface area contributed by atoms with Gasteiger partial charge in [0.05, 0.1) is 12.5 Å². The zero-order chi connectivity index (χ0) is 18.5. The molecule has 0 aliphatic carbocycles. The lowest BCUT2D eigenvalue weighted by atomic mass is 9.90. The van der Waals surface area contributed by atoms with Gasteiger partial charge in [0, 0.05) is 25.7 Å². The summed E-state index contributed by atoms with van der Waals surface area (Å²) in [5.41, 5.74) is 6.85. The van der Waals surface area contributed by atoms with Gasteiger partial charge in [0.1, 0.15) is 0 Å². The highest BCUT2D eigenvalue weighted by Crippen LogP contribution is 2.24. The first-order valence-electron chi connectivity index (χ1n) is 9.88. The van der Waals surface area contributed by atoms with Crippen molar-refractivity contribution in [3.05, 3.63) is 35.9 Å². The van der Waals surface area contributed by atoms with E-state index < -0.39 is 0 Å². The number of rotatable bonds is 5. The van der Waals surface area contributed by atoms with Crippen molar-refractivity contribution in [2.24, 2.45) is 17.6 Å². The van der Waals surface area contributed by atoms with E-state index in [4.69, 9.17) is 5.73 Å². The van der Waals surface area contributed by atoms with E-state index in [1.54, 1.807) is 0 Å². The number of benzene rings is 1. The fourth-order valence-electron chi connectivity index (χ4n) is 4.24. The van der Waals surface area contributed by atoms with Crippen LogP contribution in [0.4, 0.5) is 0 Å². The van der Waals surface area contributed by atoms with E-state index >= 15 is 0 Å². The lowest BCUT2D eigenvalue weighted by Crippen LogP contribution is -2.51. The SMILES string of the molecule is CC1CCC(C(N)=O)CN1CC(=O)N1CCC(Cc2ccccc2)CC1. The van der Waals surface area contributed by atoms with Gasteiger partial charge in [0.15, 0.2) is 0 Å². The van der Waals surface area contributed by atoms with E-state index in [2.05, 4.69) is 42.2 Å². The summed E-state index contributed by atoms with van der Waals surface area (Å²) in [7, 11) is 0. The molecule has 1 aromatic carbocycles. The zero-order valence-electron chi connectivity index (χ0n) is 15.8. The number of hydrogen-bond acceptors (Lipinski definition) is 3. The maximum Gasteiger partial charge on any atom is 0.236 e. The Hall–Kier alpha value is -1.88. The van der Waals surface area contributed by atoms with Crippen LogP contribution in [0, 0.1) is 11.8 Å². The molecule has 0 spiro atoms. The molecule has 2 amide bonds. The second kappa shape index (κ2) is 8.67. The van der Waals surface area contributed by atoms with E-state index in [9.17, 15) is 9.59 Å². The van der Waals surface area contributed by atoms with Crippen molar-refractivity contribution in [3.63, 3.8) is 0 Å². The minimum absolute atomic E-state index is 0.115. The van der Waals surface area contributed by atoms with E-state index in [1.807, 2.05) is 4.90 Å². The number of piperidine rings is 2. The van der Waals surface area contributed by atoms with Crippen LogP contribution in [0.2, 0.25) is 0 Å². The number of primary amides is 1. The van der Waals surface area contributed by atoms with Crippen LogP contribution in [0.5, 0.6) is 0 Å². The molecule has 0 aromatic heterocycles. The summed E-state index contributed by atoms with van der Waals surface area (Å²) < 4.78 is 0. The van der Waals surface area contributed by atoms with Gasteiger partial charge in [-0.15, -0.1) is 0 Å². The molecule has 2 saturated heterocycles. The van der Waals surface area contributed by atoms with Crippen LogP contribution in [0.1, 0.15) is 38.2 Å². The first-order valence-corrected chi connectivity index (χ1v) is 9.88. The monoisotopic (exact) mass is 357 g/mol. The molecule has 5 nitrogen and oxygen atoms in total. The van der Waals surface area contributed by atoms with E-state index in [-0.39, 0.29) is 17.7 Å². The highest BCUT2D eigenvalue weighted by Gasteiger charge is 2.31. The van der Waals surface area contributed by atoms with Crippen molar-refractivity contribution in [1.29, 1.82) is 0 Å². The molecule has 142 valence electrons. The number of carbonyl (C=O) groups is 2. The lowest BCUT2D eigenvalue weighted by molar-refractivity contribution is -0.136. The Labute approximate surface area is 156 Å². The molecule has 1 aromatic rings. The first-order chi connectivity index (χ1) is 12.5. The maximum atomic E-state index is 12.7. The summed E-state index contributed by atoms with van der Waals surface area (Å²) in [6.45, 7) is 4.85. The normalized spacial score (nSPS) is 25.2. The van der Waals surface area contributed by atoms with Gasteiger partial charge in [0.25, 0.3) is 0 Å². The smallest absolute Gasteiger partial charge is 0.236 e. The van der Waals surface area contributed by atoms with Gasteiger partial charge in [-0.2, -0.15) is 0 Å². The predicted molar refractivity (Wildman–Crippen MR) is 102 cm³/mol. The van der Waals surface area contributed by atoms with Crippen LogP contribution in [0.15, 0.2) is 30.3 Å². The molecule has 3 rings (SSSR count). The molecule has 0 saturated carbocycles. The number of hydrogen-bond donors (Lipinski definition) is 1. The average Bonchev–Trinajstić information content (AvgIpc) is 2.64.